The predicted molar refractivity (Wildman–Crippen MR) is 143 cm³/mol. The second kappa shape index (κ2) is 9.69. The van der Waals surface area contributed by atoms with Gasteiger partial charge in [0.2, 0.25) is 0 Å². The van der Waals surface area contributed by atoms with Gasteiger partial charge in [-0.15, -0.1) is 0 Å². The number of ether oxygens (including phenoxy) is 1. The van der Waals surface area contributed by atoms with E-state index in [1.807, 2.05) is 59.5 Å². The van der Waals surface area contributed by atoms with Crippen LogP contribution in [0, 0.1) is 0 Å². The highest BCUT2D eigenvalue weighted by Gasteiger charge is 2.34. The average molecular weight is 497 g/mol. The smallest absolute Gasteiger partial charge is 0.289 e. The van der Waals surface area contributed by atoms with E-state index < -0.39 is 5.60 Å². The lowest BCUT2D eigenvalue weighted by atomic mass is 9.84. The minimum atomic E-state index is -0.899. The van der Waals surface area contributed by atoms with Crippen molar-refractivity contribution in [3.63, 3.8) is 0 Å². The fourth-order valence-corrected chi connectivity index (χ4v) is 5.71. The van der Waals surface area contributed by atoms with Crippen molar-refractivity contribution < 1.29 is 19.1 Å². The molecule has 6 rings (SSSR count). The number of hydrogen-bond donors (Lipinski definition) is 1. The number of para-hydroxylation sites is 1. The van der Waals surface area contributed by atoms with Gasteiger partial charge in [0, 0.05) is 43.7 Å². The van der Waals surface area contributed by atoms with Crippen LogP contribution in [-0.2, 0) is 25.1 Å². The van der Waals surface area contributed by atoms with E-state index in [0.29, 0.717) is 37.3 Å². The first-order valence-corrected chi connectivity index (χ1v) is 13.0. The molecule has 3 aromatic carbocycles. The Hall–Kier alpha value is -3.61. The molecule has 0 spiro atoms. The van der Waals surface area contributed by atoms with E-state index in [-0.39, 0.29) is 5.91 Å². The van der Waals surface area contributed by atoms with Crippen LogP contribution in [0.4, 0.5) is 0 Å². The summed E-state index contributed by atoms with van der Waals surface area (Å²) < 4.78 is 11.5. The van der Waals surface area contributed by atoms with Gasteiger partial charge >= 0.3 is 0 Å². The van der Waals surface area contributed by atoms with Crippen LogP contribution in [0.5, 0.6) is 5.75 Å². The third-order valence-corrected chi connectivity index (χ3v) is 7.95. The molecule has 6 heteroatoms. The Balaban J connectivity index is 1.15. The van der Waals surface area contributed by atoms with Gasteiger partial charge in [-0.1, -0.05) is 48.5 Å². The van der Waals surface area contributed by atoms with Crippen LogP contribution < -0.4 is 4.74 Å². The largest absolute Gasteiger partial charge is 0.496 e. The molecule has 1 N–H and O–H groups in total. The maximum absolute atomic E-state index is 13.2. The summed E-state index contributed by atoms with van der Waals surface area (Å²) in [7, 11) is 1.70. The second-order valence-corrected chi connectivity index (χ2v) is 10.2. The van der Waals surface area contributed by atoms with Crippen molar-refractivity contribution in [1.29, 1.82) is 0 Å². The molecule has 1 amide bonds. The van der Waals surface area contributed by atoms with Gasteiger partial charge in [-0.05, 0) is 60.2 Å². The van der Waals surface area contributed by atoms with Gasteiger partial charge in [0.25, 0.3) is 5.91 Å². The van der Waals surface area contributed by atoms with Crippen molar-refractivity contribution in [2.24, 2.45) is 0 Å². The van der Waals surface area contributed by atoms with E-state index in [9.17, 15) is 9.90 Å². The second-order valence-electron chi connectivity index (χ2n) is 10.2. The van der Waals surface area contributed by atoms with E-state index >= 15 is 0 Å². The van der Waals surface area contributed by atoms with E-state index in [2.05, 4.69) is 23.1 Å². The number of rotatable bonds is 5. The number of carbonyl (C=O) groups excluding carboxylic acids is 1. The molecule has 0 unspecified atom stereocenters. The summed E-state index contributed by atoms with van der Waals surface area (Å²) in [6, 6.07) is 24.0. The lowest BCUT2D eigenvalue weighted by Crippen LogP contribution is -2.42. The molecule has 1 fully saturated rings. The van der Waals surface area contributed by atoms with E-state index in [1.165, 1.54) is 11.1 Å². The molecule has 0 saturated carbocycles. The maximum Gasteiger partial charge on any atom is 0.289 e. The first-order valence-electron chi connectivity index (χ1n) is 13.0. The minimum absolute atomic E-state index is 0.0874. The summed E-state index contributed by atoms with van der Waals surface area (Å²) in [5.74, 6) is 1.16. The lowest BCUT2D eigenvalue weighted by molar-refractivity contribution is -0.0277. The number of aliphatic hydroxyl groups is 1. The van der Waals surface area contributed by atoms with Gasteiger partial charge in [-0.25, -0.2) is 0 Å². The lowest BCUT2D eigenvalue weighted by Gasteiger charge is -2.38. The monoisotopic (exact) mass is 496 g/mol. The number of furan rings is 1. The fraction of sp³-hybridized carbons (Fsp3) is 0.323. The number of methoxy groups -OCH3 is 1. The highest BCUT2D eigenvalue weighted by atomic mass is 16.5. The van der Waals surface area contributed by atoms with E-state index in [1.54, 1.807) is 7.11 Å². The van der Waals surface area contributed by atoms with Crippen molar-refractivity contribution in [2.45, 2.75) is 38.0 Å². The quantitative estimate of drug-likeness (QED) is 0.415. The van der Waals surface area contributed by atoms with Crippen LogP contribution in [0.1, 0.15) is 45.7 Å². The summed E-state index contributed by atoms with van der Waals surface area (Å²) in [5, 5.41) is 12.4. The Kier molecular flexibility index (Phi) is 6.22. The number of piperidine rings is 1. The zero-order valence-corrected chi connectivity index (χ0v) is 21.2. The molecule has 4 aromatic rings. The zero-order chi connectivity index (χ0) is 25.4. The molecule has 190 valence electrons. The minimum Gasteiger partial charge on any atom is -0.496 e. The Bertz CT molecular complexity index is 1430. The van der Waals surface area contributed by atoms with Gasteiger partial charge in [0.1, 0.15) is 11.3 Å². The fourth-order valence-electron chi connectivity index (χ4n) is 5.71. The molecular weight excluding hydrogens is 464 g/mol. The highest BCUT2D eigenvalue weighted by molar-refractivity contribution is 5.96. The van der Waals surface area contributed by atoms with Crippen molar-refractivity contribution >= 4 is 16.9 Å². The van der Waals surface area contributed by atoms with Crippen molar-refractivity contribution in [2.75, 3.05) is 26.7 Å². The third-order valence-electron chi connectivity index (χ3n) is 7.95. The molecule has 0 radical (unpaired) electrons. The maximum atomic E-state index is 13.2. The molecular formula is C31H32N2O4. The molecule has 2 aliphatic heterocycles. The normalized spacial score (nSPS) is 17.5. The first-order chi connectivity index (χ1) is 18.0. The van der Waals surface area contributed by atoms with Crippen LogP contribution in [0.15, 0.2) is 77.2 Å². The van der Waals surface area contributed by atoms with Gasteiger partial charge in [0.15, 0.2) is 5.76 Å². The Morgan fingerprint density at radius 3 is 2.54 bits per heavy atom. The molecule has 0 aliphatic carbocycles. The third kappa shape index (κ3) is 4.63. The number of fused-ring (bicyclic) bond motifs is 2. The molecule has 3 heterocycles. The summed E-state index contributed by atoms with van der Waals surface area (Å²) >= 11 is 0. The van der Waals surface area contributed by atoms with E-state index in [0.717, 1.165) is 48.3 Å². The summed E-state index contributed by atoms with van der Waals surface area (Å²) in [6.45, 7) is 3.66. The van der Waals surface area contributed by atoms with Gasteiger partial charge in [-0.3, -0.25) is 9.69 Å². The van der Waals surface area contributed by atoms with Crippen molar-refractivity contribution in [3.05, 3.63) is 101 Å². The SMILES string of the molecule is COc1ccccc1CN1CCC(O)(c2ccc3oc(C(=O)N4CCc5ccccc5C4)cc3c2)CC1. The summed E-state index contributed by atoms with van der Waals surface area (Å²) in [4.78, 5) is 17.4. The first kappa shape index (κ1) is 23.8. The number of nitrogens with zero attached hydrogens (tertiary/aromatic N) is 2. The Morgan fingerprint density at radius 2 is 1.73 bits per heavy atom. The van der Waals surface area contributed by atoms with Crippen LogP contribution in [0.25, 0.3) is 11.0 Å². The summed E-state index contributed by atoms with van der Waals surface area (Å²) in [6.07, 6.45) is 2.14. The van der Waals surface area contributed by atoms with Crippen molar-refractivity contribution in [1.82, 2.24) is 9.80 Å². The number of amides is 1. The standard InChI is InChI=1S/C31H32N2O4/c1-36-27-9-5-4-8-24(27)20-32-16-13-31(35,14-17-32)26-10-11-28-25(18-26)19-29(37-28)30(34)33-15-12-22-6-2-3-7-23(22)21-33/h2-11,18-19,35H,12-17,20-21H2,1H3. The van der Waals surface area contributed by atoms with Gasteiger partial charge in [-0.2, -0.15) is 0 Å². The summed E-state index contributed by atoms with van der Waals surface area (Å²) in [5.41, 5.74) is 4.31. The topological polar surface area (TPSA) is 66.2 Å². The van der Waals surface area contributed by atoms with Crippen molar-refractivity contribution in [3.8, 4) is 5.75 Å². The molecule has 0 bridgehead atoms. The molecule has 6 nitrogen and oxygen atoms in total. The van der Waals surface area contributed by atoms with Gasteiger partial charge < -0.3 is 19.2 Å². The number of hydrogen-bond acceptors (Lipinski definition) is 5. The average Bonchev–Trinajstić information content (AvgIpc) is 3.38. The molecule has 0 atom stereocenters. The number of carbonyl (C=O) groups is 1. The van der Waals surface area contributed by atoms with Gasteiger partial charge in [0.05, 0.1) is 12.7 Å². The zero-order valence-electron chi connectivity index (χ0n) is 21.2. The molecule has 1 saturated heterocycles. The highest BCUT2D eigenvalue weighted by Crippen LogP contribution is 2.36. The number of likely N-dealkylation sites (tertiary alicyclic amines) is 1. The predicted octanol–water partition coefficient (Wildman–Crippen LogP) is 5.12. The molecule has 2 aliphatic rings. The molecule has 1 aromatic heterocycles. The van der Waals surface area contributed by atoms with Crippen LogP contribution in [0.2, 0.25) is 0 Å². The van der Waals surface area contributed by atoms with Crippen LogP contribution in [-0.4, -0.2) is 47.6 Å². The number of benzene rings is 3. The van der Waals surface area contributed by atoms with Crippen LogP contribution >= 0.6 is 0 Å². The van der Waals surface area contributed by atoms with Crippen LogP contribution in [0.3, 0.4) is 0 Å². The molecule has 37 heavy (non-hydrogen) atoms. The van der Waals surface area contributed by atoms with E-state index in [4.69, 9.17) is 9.15 Å². The Labute approximate surface area is 217 Å². The Morgan fingerprint density at radius 1 is 0.973 bits per heavy atom.